The lowest BCUT2D eigenvalue weighted by Gasteiger charge is -2.23. The fourth-order valence-corrected chi connectivity index (χ4v) is 2.67. The molecule has 1 saturated heterocycles. The molecule has 3 heteroatoms. The van der Waals surface area contributed by atoms with Gasteiger partial charge in [-0.15, -0.1) is 0 Å². The van der Waals surface area contributed by atoms with Crippen LogP contribution in [0.4, 0.5) is 0 Å². The number of hydrogen-bond donors (Lipinski definition) is 1. The largest absolute Gasteiger partial charge is 0.330 e. The second-order valence-corrected chi connectivity index (χ2v) is 4.94. The summed E-state index contributed by atoms with van der Waals surface area (Å²) in [7, 11) is 0. The van der Waals surface area contributed by atoms with Gasteiger partial charge >= 0.3 is 0 Å². The number of piperidine rings is 1. The average Bonchev–Trinajstić information content (AvgIpc) is 2.89. The predicted octanol–water partition coefficient (Wildman–Crippen LogP) is 2.40. The van der Waals surface area contributed by atoms with Crippen molar-refractivity contribution in [3.8, 4) is 0 Å². The molecule has 1 N–H and O–H groups in total. The van der Waals surface area contributed by atoms with Crippen LogP contribution in [0.5, 0.6) is 0 Å². The summed E-state index contributed by atoms with van der Waals surface area (Å²) < 4.78 is 2.28. The molecule has 0 spiro atoms. The quantitative estimate of drug-likeness (QED) is 0.894. The molecule has 1 aliphatic rings. The van der Waals surface area contributed by atoms with Crippen LogP contribution in [0.1, 0.15) is 30.1 Å². The first kappa shape index (κ1) is 11.5. The summed E-state index contributed by atoms with van der Waals surface area (Å²) in [6, 6.07) is 10.6. The summed E-state index contributed by atoms with van der Waals surface area (Å²) in [5.74, 6) is 1.79. The zero-order valence-corrected chi connectivity index (χ0v) is 10.5. The first-order valence-electron chi connectivity index (χ1n) is 6.69. The molecule has 1 aromatic heterocycles. The zero-order chi connectivity index (χ0) is 12.2. The first-order valence-corrected chi connectivity index (χ1v) is 6.69. The number of imidazole rings is 1. The van der Waals surface area contributed by atoms with Gasteiger partial charge in [-0.05, 0) is 24.9 Å². The van der Waals surface area contributed by atoms with Gasteiger partial charge in [0.25, 0.3) is 0 Å². The minimum absolute atomic E-state index is 0.567. The third-order valence-corrected chi connectivity index (χ3v) is 3.61. The van der Waals surface area contributed by atoms with Crippen molar-refractivity contribution in [3.63, 3.8) is 0 Å². The molecule has 94 valence electrons. The van der Waals surface area contributed by atoms with Gasteiger partial charge in [0.15, 0.2) is 0 Å². The highest BCUT2D eigenvalue weighted by atomic mass is 15.1. The van der Waals surface area contributed by atoms with Crippen molar-refractivity contribution >= 4 is 0 Å². The fraction of sp³-hybridized carbons (Fsp3) is 0.400. The topological polar surface area (TPSA) is 29.9 Å². The van der Waals surface area contributed by atoms with Crippen LogP contribution >= 0.6 is 0 Å². The van der Waals surface area contributed by atoms with Crippen molar-refractivity contribution in [2.45, 2.75) is 25.3 Å². The van der Waals surface area contributed by atoms with Gasteiger partial charge in [0.05, 0.1) is 0 Å². The Balaban J connectivity index is 1.78. The molecular formula is C15H19N3. The first-order chi connectivity index (χ1) is 8.93. The van der Waals surface area contributed by atoms with E-state index < -0.39 is 0 Å². The lowest BCUT2D eigenvalue weighted by atomic mass is 9.99. The molecule has 3 rings (SSSR count). The maximum absolute atomic E-state index is 4.56. The van der Waals surface area contributed by atoms with E-state index in [1.807, 2.05) is 6.20 Å². The van der Waals surface area contributed by atoms with E-state index in [4.69, 9.17) is 0 Å². The van der Waals surface area contributed by atoms with Crippen LogP contribution in [-0.4, -0.2) is 22.6 Å². The van der Waals surface area contributed by atoms with E-state index in [1.165, 1.54) is 24.2 Å². The Morgan fingerprint density at radius 3 is 2.94 bits per heavy atom. The normalized spacial score (nSPS) is 19.9. The Morgan fingerprint density at radius 2 is 2.17 bits per heavy atom. The molecule has 0 amide bonds. The second kappa shape index (κ2) is 5.36. The van der Waals surface area contributed by atoms with E-state index in [1.54, 1.807) is 0 Å². The van der Waals surface area contributed by atoms with E-state index in [0.29, 0.717) is 5.92 Å². The molecule has 2 heterocycles. The number of aromatic nitrogens is 2. The molecule has 2 aromatic rings. The molecule has 18 heavy (non-hydrogen) atoms. The number of hydrogen-bond acceptors (Lipinski definition) is 2. The molecule has 1 unspecified atom stereocenters. The van der Waals surface area contributed by atoms with Crippen molar-refractivity contribution in [2.75, 3.05) is 13.1 Å². The van der Waals surface area contributed by atoms with Crippen LogP contribution in [0.3, 0.4) is 0 Å². The van der Waals surface area contributed by atoms with Gasteiger partial charge in [-0.3, -0.25) is 0 Å². The van der Waals surface area contributed by atoms with Gasteiger partial charge in [-0.1, -0.05) is 30.3 Å². The standard InChI is InChI=1S/C15H19N3/c1-2-5-13(6-3-1)12-18-10-9-17-15(18)14-7-4-8-16-11-14/h1-3,5-6,9-10,14,16H,4,7-8,11-12H2. The molecule has 1 fully saturated rings. The molecule has 1 aromatic carbocycles. The Hall–Kier alpha value is -1.61. The van der Waals surface area contributed by atoms with E-state index >= 15 is 0 Å². The molecule has 1 aliphatic heterocycles. The van der Waals surface area contributed by atoms with Crippen LogP contribution in [0.15, 0.2) is 42.7 Å². The Bertz CT molecular complexity index is 483. The molecule has 0 saturated carbocycles. The summed E-state index contributed by atoms with van der Waals surface area (Å²) >= 11 is 0. The van der Waals surface area contributed by atoms with Crippen molar-refractivity contribution in [1.82, 2.24) is 14.9 Å². The van der Waals surface area contributed by atoms with Crippen LogP contribution in [0.2, 0.25) is 0 Å². The number of rotatable bonds is 3. The minimum atomic E-state index is 0.567. The molecule has 1 atom stereocenters. The van der Waals surface area contributed by atoms with E-state index in [-0.39, 0.29) is 0 Å². The molecule has 0 aliphatic carbocycles. The Labute approximate surface area is 108 Å². The van der Waals surface area contributed by atoms with E-state index in [0.717, 1.165) is 19.6 Å². The molecular weight excluding hydrogens is 222 g/mol. The smallest absolute Gasteiger partial charge is 0.113 e. The fourth-order valence-electron chi connectivity index (χ4n) is 2.67. The SMILES string of the molecule is c1ccc(Cn2ccnc2C2CCCNC2)cc1. The number of benzene rings is 1. The van der Waals surface area contributed by atoms with Gasteiger partial charge < -0.3 is 9.88 Å². The van der Waals surface area contributed by atoms with Gasteiger partial charge in [0.1, 0.15) is 5.82 Å². The summed E-state index contributed by atoms with van der Waals surface area (Å²) in [6.45, 7) is 3.13. The van der Waals surface area contributed by atoms with Crippen LogP contribution < -0.4 is 5.32 Å². The monoisotopic (exact) mass is 241 g/mol. The minimum Gasteiger partial charge on any atom is -0.330 e. The Morgan fingerprint density at radius 1 is 1.28 bits per heavy atom. The van der Waals surface area contributed by atoms with Crippen molar-refractivity contribution in [2.24, 2.45) is 0 Å². The van der Waals surface area contributed by atoms with Crippen LogP contribution in [0, 0.1) is 0 Å². The van der Waals surface area contributed by atoms with Gasteiger partial charge in [-0.2, -0.15) is 0 Å². The lowest BCUT2D eigenvalue weighted by molar-refractivity contribution is 0.435. The average molecular weight is 241 g/mol. The number of nitrogens with one attached hydrogen (secondary N) is 1. The summed E-state index contributed by atoms with van der Waals surface area (Å²) in [6.07, 6.45) is 6.52. The molecule has 0 bridgehead atoms. The van der Waals surface area contributed by atoms with Crippen LogP contribution in [-0.2, 0) is 6.54 Å². The van der Waals surface area contributed by atoms with Crippen molar-refractivity contribution in [3.05, 3.63) is 54.1 Å². The van der Waals surface area contributed by atoms with Crippen molar-refractivity contribution < 1.29 is 0 Å². The van der Waals surface area contributed by atoms with Crippen molar-refractivity contribution in [1.29, 1.82) is 0 Å². The van der Waals surface area contributed by atoms with Crippen LogP contribution in [0.25, 0.3) is 0 Å². The van der Waals surface area contributed by atoms with Gasteiger partial charge in [0, 0.05) is 31.4 Å². The third-order valence-electron chi connectivity index (χ3n) is 3.61. The Kier molecular flexibility index (Phi) is 3.42. The maximum Gasteiger partial charge on any atom is 0.113 e. The summed E-state index contributed by atoms with van der Waals surface area (Å²) in [5.41, 5.74) is 1.33. The van der Waals surface area contributed by atoms with E-state index in [9.17, 15) is 0 Å². The summed E-state index contributed by atoms with van der Waals surface area (Å²) in [4.78, 5) is 4.56. The second-order valence-electron chi connectivity index (χ2n) is 4.94. The number of nitrogens with zero attached hydrogens (tertiary/aromatic N) is 2. The molecule has 3 nitrogen and oxygen atoms in total. The molecule has 0 radical (unpaired) electrons. The third kappa shape index (κ3) is 2.46. The van der Waals surface area contributed by atoms with Gasteiger partial charge in [0.2, 0.25) is 0 Å². The predicted molar refractivity (Wildman–Crippen MR) is 72.6 cm³/mol. The maximum atomic E-state index is 4.56. The lowest BCUT2D eigenvalue weighted by Crippen LogP contribution is -2.30. The highest BCUT2D eigenvalue weighted by Crippen LogP contribution is 2.22. The van der Waals surface area contributed by atoms with Gasteiger partial charge in [-0.25, -0.2) is 4.98 Å². The highest BCUT2D eigenvalue weighted by Gasteiger charge is 2.19. The zero-order valence-electron chi connectivity index (χ0n) is 10.5. The highest BCUT2D eigenvalue weighted by molar-refractivity contribution is 5.16. The summed E-state index contributed by atoms with van der Waals surface area (Å²) in [5, 5.41) is 3.46. The van der Waals surface area contributed by atoms with E-state index in [2.05, 4.69) is 51.4 Å².